The predicted octanol–water partition coefficient (Wildman–Crippen LogP) is -0.851. The first-order chi connectivity index (χ1) is 4.59. The van der Waals surface area contributed by atoms with Crippen LogP contribution in [-0.2, 0) is 9.59 Å². The maximum Gasteiger partial charge on any atom is 0.233 e. The highest BCUT2D eigenvalue weighted by Gasteiger charge is 2.16. The Balaban J connectivity index is 4.27. The van der Waals surface area contributed by atoms with Gasteiger partial charge in [-0.15, -0.1) is 0 Å². The minimum absolute atomic E-state index is 0.717. The zero-order valence-corrected chi connectivity index (χ0v) is 5.70. The molecule has 0 heterocycles. The molecule has 0 aliphatic heterocycles. The molecule has 4 nitrogen and oxygen atoms in total. The normalized spacial score (nSPS) is 10.6. The fourth-order valence-corrected chi connectivity index (χ4v) is 0.522. The molecule has 56 valence electrons. The van der Waals surface area contributed by atoms with Crippen LogP contribution in [0, 0.1) is 5.92 Å². The lowest BCUT2D eigenvalue weighted by Gasteiger charge is -2.00. The standard InChI is InChI=1S/C6H10N2O2/c1-2-3-4(5(7)9)6(8)10/h2-4H,1H3,(H2,7,9)(H2,8,10)/b3-2+. The maximum atomic E-state index is 10.4. The van der Waals surface area contributed by atoms with E-state index in [0.29, 0.717) is 0 Å². The number of primary amides is 2. The monoisotopic (exact) mass is 142 g/mol. The van der Waals surface area contributed by atoms with E-state index in [-0.39, 0.29) is 0 Å². The molecule has 0 spiro atoms. The Morgan fingerprint density at radius 3 is 1.80 bits per heavy atom. The van der Waals surface area contributed by atoms with Gasteiger partial charge in [-0.3, -0.25) is 9.59 Å². The molecule has 0 unspecified atom stereocenters. The third-order valence-electron chi connectivity index (χ3n) is 0.998. The molecule has 0 aromatic carbocycles. The van der Waals surface area contributed by atoms with Crippen molar-refractivity contribution in [2.45, 2.75) is 6.92 Å². The van der Waals surface area contributed by atoms with E-state index < -0.39 is 17.7 Å². The Morgan fingerprint density at radius 2 is 1.70 bits per heavy atom. The van der Waals surface area contributed by atoms with Gasteiger partial charge < -0.3 is 11.5 Å². The van der Waals surface area contributed by atoms with Gasteiger partial charge in [-0.1, -0.05) is 12.2 Å². The van der Waals surface area contributed by atoms with Crippen molar-refractivity contribution in [3.63, 3.8) is 0 Å². The molecule has 0 bridgehead atoms. The van der Waals surface area contributed by atoms with Crippen molar-refractivity contribution in [2.75, 3.05) is 0 Å². The van der Waals surface area contributed by atoms with Gasteiger partial charge in [0.2, 0.25) is 11.8 Å². The van der Waals surface area contributed by atoms with Gasteiger partial charge in [0.25, 0.3) is 0 Å². The van der Waals surface area contributed by atoms with Crippen molar-refractivity contribution in [3.05, 3.63) is 12.2 Å². The summed E-state index contributed by atoms with van der Waals surface area (Å²) >= 11 is 0. The van der Waals surface area contributed by atoms with Crippen LogP contribution < -0.4 is 11.5 Å². The smallest absolute Gasteiger partial charge is 0.233 e. The largest absolute Gasteiger partial charge is 0.369 e. The van der Waals surface area contributed by atoms with Gasteiger partial charge >= 0.3 is 0 Å². The van der Waals surface area contributed by atoms with E-state index in [0.717, 1.165) is 0 Å². The molecule has 10 heavy (non-hydrogen) atoms. The summed E-state index contributed by atoms with van der Waals surface area (Å²) in [4.78, 5) is 20.8. The molecule has 0 fully saturated rings. The second-order valence-electron chi connectivity index (χ2n) is 1.81. The van der Waals surface area contributed by atoms with E-state index in [4.69, 9.17) is 11.5 Å². The number of nitrogens with two attached hydrogens (primary N) is 2. The van der Waals surface area contributed by atoms with Gasteiger partial charge in [-0.2, -0.15) is 0 Å². The Labute approximate surface area is 58.9 Å². The van der Waals surface area contributed by atoms with Crippen LogP contribution in [0.25, 0.3) is 0 Å². The number of carbonyl (C=O) groups excluding carboxylic acids is 2. The summed E-state index contributed by atoms with van der Waals surface area (Å²) in [5.41, 5.74) is 9.67. The molecule has 0 aromatic heterocycles. The molecule has 0 aliphatic carbocycles. The molecule has 0 aliphatic rings. The summed E-state index contributed by atoms with van der Waals surface area (Å²) < 4.78 is 0. The van der Waals surface area contributed by atoms with E-state index in [1.54, 1.807) is 13.0 Å². The molecule has 0 saturated heterocycles. The Hall–Kier alpha value is -1.32. The Bertz CT molecular complexity index is 161. The van der Waals surface area contributed by atoms with Crippen molar-refractivity contribution in [1.29, 1.82) is 0 Å². The van der Waals surface area contributed by atoms with E-state index in [2.05, 4.69) is 0 Å². The van der Waals surface area contributed by atoms with Crippen LogP contribution in [-0.4, -0.2) is 11.8 Å². The molecule has 0 atom stereocenters. The zero-order chi connectivity index (χ0) is 8.15. The summed E-state index contributed by atoms with van der Waals surface area (Å²) in [6.07, 6.45) is 2.92. The lowest BCUT2D eigenvalue weighted by Crippen LogP contribution is -2.33. The zero-order valence-electron chi connectivity index (χ0n) is 5.70. The molecule has 4 heteroatoms. The summed E-state index contributed by atoms with van der Waals surface area (Å²) in [7, 11) is 0. The first-order valence-electron chi connectivity index (χ1n) is 2.81. The van der Waals surface area contributed by atoms with Gasteiger partial charge in [0, 0.05) is 0 Å². The van der Waals surface area contributed by atoms with Gasteiger partial charge in [0.15, 0.2) is 0 Å². The lowest BCUT2D eigenvalue weighted by molar-refractivity contribution is -0.129. The minimum Gasteiger partial charge on any atom is -0.369 e. The molecule has 0 saturated carbocycles. The van der Waals surface area contributed by atoms with E-state index in [1.807, 2.05) is 0 Å². The van der Waals surface area contributed by atoms with Crippen LogP contribution in [0.5, 0.6) is 0 Å². The average molecular weight is 142 g/mol. The summed E-state index contributed by atoms with van der Waals surface area (Å²) in [6, 6.07) is 0. The topological polar surface area (TPSA) is 86.2 Å². The maximum absolute atomic E-state index is 10.4. The van der Waals surface area contributed by atoms with Gasteiger partial charge in [-0.05, 0) is 6.92 Å². The first kappa shape index (κ1) is 8.68. The van der Waals surface area contributed by atoms with Crippen LogP contribution in [0.3, 0.4) is 0 Å². The number of amides is 2. The first-order valence-corrected chi connectivity index (χ1v) is 2.81. The van der Waals surface area contributed by atoms with Crippen LogP contribution in [0.4, 0.5) is 0 Å². The minimum atomic E-state index is -0.968. The van der Waals surface area contributed by atoms with E-state index in [9.17, 15) is 9.59 Å². The highest BCUT2D eigenvalue weighted by Crippen LogP contribution is 1.95. The van der Waals surface area contributed by atoms with E-state index in [1.165, 1.54) is 6.08 Å². The predicted molar refractivity (Wildman–Crippen MR) is 36.7 cm³/mol. The van der Waals surface area contributed by atoms with Crippen LogP contribution >= 0.6 is 0 Å². The lowest BCUT2D eigenvalue weighted by atomic mass is 10.1. The number of hydrogen-bond donors (Lipinski definition) is 2. The molecular weight excluding hydrogens is 132 g/mol. The highest BCUT2D eigenvalue weighted by molar-refractivity contribution is 6.00. The van der Waals surface area contributed by atoms with Crippen LogP contribution in [0.1, 0.15) is 6.92 Å². The molecule has 0 rings (SSSR count). The van der Waals surface area contributed by atoms with E-state index >= 15 is 0 Å². The third kappa shape index (κ3) is 2.30. The summed E-state index contributed by atoms with van der Waals surface area (Å²) in [6.45, 7) is 1.68. The number of hydrogen-bond acceptors (Lipinski definition) is 2. The van der Waals surface area contributed by atoms with Gasteiger partial charge in [0.05, 0.1) is 0 Å². The number of rotatable bonds is 3. The van der Waals surface area contributed by atoms with Gasteiger partial charge in [-0.25, -0.2) is 0 Å². The van der Waals surface area contributed by atoms with Crippen molar-refractivity contribution in [2.24, 2.45) is 17.4 Å². The molecule has 0 radical (unpaired) electrons. The SMILES string of the molecule is C/C=C/C(C(N)=O)C(N)=O. The second-order valence-corrected chi connectivity index (χ2v) is 1.81. The van der Waals surface area contributed by atoms with Crippen molar-refractivity contribution in [3.8, 4) is 0 Å². The summed E-state index contributed by atoms with van der Waals surface area (Å²) in [5, 5.41) is 0. The van der Waals surface area contributed by atoms with Crippen molar-refractivity contribution < 1.29 is 9.59 Å². The molecule has 2 amide bonds. The Kier molecular flexibility index (Phi) is 3.17. The quantitative estimate of drug-likeness (QED) is 0.397. The fraction of sp³-hybridized carbons (Fsp3) is 0.333. The number of allylic oxidation sites excluding steroid dienone is 1. The van der Waals surface area contributed by atoms with Gasteiger partial charge in [0.1, 0.15) is 5.92 Å². The second kappa shape index (κ2) is 3.66. The number of carbonyl (C=O) groups is 2. The fourth-order valence-electron chi connectivity index (χ4n) is 0.522. The Morgan fingerprint density at radius 1 is 1.30 bits per heavy atom. The van der Waals surface area contributed by atoms with Crippen molar-refractivity contribution in [1.82, 2.24) is 0 Å². The van der Waals surface area contributed by atoms with Crippen LogP contribution in [0.15, 0.2) is 12.2 Å². The highest BCUT2D eigenvalue weighted by atomic mass is 16.2. The third-order valence-corrected chi connectivity index (χ3v) is 0.998. The molecular formula is C6H10N2O2. The molecule has 0 aromatic rings. The average Bonchev–Trinajstić information content (AvgIpc) is 1.81. The molecule has 4 N–H and O–H groups in total. The van der Waals surface area contributed by atoms with Crippen molar-refractivity contribution >= 4 is 11.8 Å². The van der Waals surface area contributed by atoms with Crippen LogP contribution in [0.2, 0.25) is 0 Å². The summed E-state index contributed by atoms with van der Waals surface area (Å²) in [5.74, 6) is -2.40.